The summed E-state index contributed by atoms with van der Waals surface area (Å²) in [7, 11) is 0. The Bertz CT molecular complexity index is 591. The highest BCUT2D eigenvalue weighted by Crippen LogP contribution is 2.22. The van der Waals surface area contributed by atoms with E-state index in [1.54, 1.807) is 0 Å². The molecule has 0 saturated heterocycles. The minimum Gasteiger partial charge on any atom is -0.459 e. The summed E-state index contributed by atoms with van der Waals surface area (Å²) >= 11 is 0. The number of aromatic nitrogens is 2. The molecule has 1 aromatic carbocycles. The lowest BCUT2D eigenvalue weighted by Gasteiger charge is -2.19. The van der Waals surface area contributed by atoms with Crippen LogP contribution in [0, 0.1) is 5.82 Å². The number of hydrogen-bond acceptors (Lipinski definition) is 4. The van der Waals surface area contributed by atoms with Gasteiger partial charge in [0.2, 0.25) is 0 Å². The van der Waals surface area contributed by atoms with E-state index in [0.717, 1.165) is 11.8 Å². The predicted octanol–water partition coefficient (Wildman–Crippen LogP) is 3.07. The fourth-order valence-electron chi connectivity index (χ4n) is 1.68. The number of hydrogen-bond donors (Lipinski definition) is 1. The fourth-order valence-corrected chi connectivity index (χ4v) is 1.68. The van der Waals surface area contributed by atoms with Gasteiger partial charge in [0.25, 0.3) is 0 Å². The molecule has 2 rings (SSSR count). The number of rotatable bonds is 3. The third-order valence-electron chi connectivity index (χ3n) is 2.94. The quantitative estimate of drug-likeness (QED) is 0.935. The van der Waals surface area contributed by atoms with E-state index < -0.39 is 5.82 Å². The lowest BCUT2D eigenvalue weighted by molar-refractivity contribution is 0.280. The highest BCUT2D eigenvalue weighted by molar-refractivity contribution is 5.30. The van der Waals surface area contributed by atoms with E-state index in [0.29, 0.717) is 6.61 Å². The zero-order valence-electron chi connectivity index (χ0n) is 11.9. The van der Waals surface area contributed by atoms with Crippen LogP contribution in [0.4, 0.5) is 10.2 Å². The normalized spacial score (nSPS) is 11.4. The second-order valence-corrected chi connectivity index (χ2v) is 5.62. The van der Waals surface area contributed by atoms with Gasteiger partial charge in [-0.25, -0.2) is 9.37 Å². The number of ether oxygens (including phenoxy) is 1. The van der Waals surface area contributed by atoms with Crippen LogP contribution in [0.1, 0.15) is 31.9 Å². The monoisotopic (exact) mass is 275 g/mol. The average Bonchev–Trinajstić information content (AvgIpc) is 2.40. The Kier molecular flexibility index (Phi) is 3.88. The lowest BCUT2D eigenvalue weighted by Crippen LogP contribution is -2.11. The van der Waals surface area contributed by atoms with Crippen molar-refractivity contribution in [2.45, 2.75) is 32.8 Å². The van der Waals surface area contributed by atoms with Crippen molar-refractivity contribution in [1.82, 2.24) is 9.97 Å². The van der Waals surface area contributed by atoms with Crippen molar-refractivity contribution < 1.29 is 9.13 Å². The second kappa shape index (κ2) is 5.45. The van der Waals surface area contributed by atoms with E-state index in [1.807, 2.05) is 12.1 Å². The lowest BCUT2D eigenvalue weighted by atomic mass is 9.87. The van der Waals surface area contributed by atoms with Gasteiger partial charge in [-0.3, -0.25) is 0 Å². The molecule has 0 aliphatic rings. The number of nitrogens with zero attached hydrogens (tertiary/aromatic N) is 2. The molecule has 0 radical (unpaired) electrons. The molecule has 106 valence electrons. The average molecular weight is 275 g/mol. The van der Waals surface area contributed by atoms with E-state index in [9.17, 15) is 4.39 Å². The maximum atomic E-state index is 12.9. The van der Waals surface area contributed by atoms with Gasteiger partial charge in [0, 0.05) is 0 Å². The van der Waals surface area contributed by atoms with Gasteiger partial charge in [-0.2, -0.15) is 4.98 Å². The first-order valence-corrected chi connectivity index (χ1v) is 6.36. The first-order chi connectivity index (χ1) is 9.36. The minimum absolute atomic E-state index is 0.0730. The van der Waals surface area contributed by atoms with Gasteiger partial charge in [0.05, 0.1) is 6.20 Å². The Balaban J connectivity index is 2.02. The van der Waals surface area contributed by atoms with Crippen LogP contribution in [0.2, 0.25) is 0 Å². The number of nitrogens with two attached hydrogens (primary N) is 1. The van der Waals surface area contributed by atoms with Gasteiger partial charge in [0.1, 0.15) is 6.61 Å². The van der Waals surface area contributed by atoms with E-state index in [-0.39, 0.29) is 17.2 Å². The summed E-state index contributed by atoms with van der Waals surface area (Å²) in [4.78, 5) is 7.44. The smallest absolute Gasteiger partial charge is 0.318 e. The molecule has 2 aromatic rings. The third-order valence-corrected chi connectivity index (χ3v) is 2.94. The van der Waals surface area contributed by atoms with Gasteiger partial charge < -0.3 is 10.5 Å². The van der Waals surface area contributed by atoms with Gasteiger partial charge in [-0.15, -0.1) is 0 Å². The highest BCUT2D eigenvalue weighted by atomic mass is 19.1. The van der Waals surface area contributed by atoms with Crippen molar-refractivity contribution in [2.75, 3.05) is 5.73 Å². The number of halogens is 1. The molecular weight excluding hydrogens is 257 g/mol. The molecule has 5 heteroatoms. The van der Waals surface area contributed by atoms with Crippen LogP contribution in [-0.4, -0.2) is 9.97 Å². The Morgan fingerprint density at radius 3 is 2.40 bits per heavy atom. The van der Waals surface area contributed by atoms with Crippen molar-refractivity contribution in [3.8, 4) is 6.01 Å². The van der Waals surface area contributed by atoms with Crippen molar-refractivity contribution in [2.24, 2.45) is 0 Å². The van der Waals surface area contributed by atoms with Crippen molar-refractivity contribution >= 4 is 5.82 Å². The molecule has 0 saturated carbocycles. The van der Waals surface area contributed by atoms with Crippen LogP contribution >= 0.6 is 0 Å². The Morgan fingerprint density at radius 1 is 1.20 bits per heavy atom. The maximum absolute atomic E-state index is 12.9. The molecule has 0 fully saturated rings. The molecule has 0 atom stereocenters. The van der Waals surface area contributed by atoms with Crippen molar-refractivity contribution in [1.29, 1.82) is 0 Å². The molecule has 0 amide bonds. The maximum Gasteiger partial charge on any atom is 0.318 e. The Labute approximate surface area is 117 Å². The number of benzene rings is 1. The SMILES string of the molecule is CC(C)(C)c1ccc(COc2ncc(F)c(N)n2)cc1. The van der Waals surface area contributed by atoms with Gasteiger partial charge in [-0.05, 0) is 16.5 Å². The molecule has 0 unspecified atom stereocenters. The van der Waals surface area contributed by atoms with E-state index in [4.69, 9.17) is 10.5 Å². The van der Waals surface area contributed by atoms with Gasteiger partial charge in [0.15, 0.2) is 11.6 Å². The molecule has 20 heavy (non-hydrogen) atoms. The fraction of sp³-hybridized carbons (Fsp3) is 0.333. The molecule has 4 nitrogen and oxygen atoms in total. The predicted molar refractivity (Wildman–Crippen MR) is 75.9 cm³/mol. The Morgan fingerprint density at radius 2 is 1.85 bits per heavy atom. The van der Waals surface area contributed by atoms with Crippen LogP contribution in [0.5, 0.6) is 6.01 Å². The van der Waals surface area contributed by atoms with Crippen LogP contribution in [-0.2, 0) is 12.0 Å². The number of nitrogen functional groups attached to an aromatic ring is 1. The van der Waals surface area contributed by atoms with Crippen LogP contribution < -0.4 is 10.5 Å². The summed E-state index contributed by atoms with van der Waals surface area (Å²) in [5, 5.41) is 0. The molecule has 2 N–H and O–H groups in total. The topological polar surface area (TPSA) is 61.0 Å². The molecule has 0 spiro atoms. The summed E-state index contributed by atoms with van der Waals surface area (Å²) in [6, 6.07) is 8.20. The van der Waals surface area contributed by atoms with Crippen LogP contribution in [0.25, 0.3) is 0 Å². The summed E-state index contributed by atoms with van der Waals surface area (Å²) < 4.78 is 18.3. The molecule has 1 heterocycles. The number of anilines is 1. The summed E-state index contributed by atoms with van der Waals surface area (Å²) in [5.41, 5.74) is 7.71. The van der Waals surface area contributed by atoms with Crippen LogP contribution in [0.15, 0.2) is 30.5 Å². The molecular formula is C15H18FN3O. The van der Waals surface area contributed by atoms with Crippen molar-refractivity contribution in [3.63, 3.8) is 0 Å². The summed E-state index contributed by atoms with van der Waals surface area (Å²) in [6.07, 6.45) is 1.00. The van der Waals surface area contributed by atoms with Gasteiger partial charge in [-0.1, -0.05) is 45.0 Å². The minimum atomic E-state index is -0.646. The first-order valence-electron chi connectivity index (χ1n) is 6.36. The van der Waals surface area contributed by atoms with Crippen LogP contribution in [0.3, 0.4) is 0 Å². The largest absolute Gasteiger partial charge is 0.459 e. The molecule has 0 aliphatic carbocycles. The van der Waals surface area contributed by atoms with Gasteiger partial charge >= 0.3 is 6.01 Å². The van der Waals surface area contributed by atoms with Crippen molar-refractivity contribution in [3.05, 3.63) is 47.4 Å². The first kappa shape index (κ1) is 14.2. The highest BCUT2D eigenvalue weighted by Gasteiger charge is 2.13. The summed E-state index contributed by atoms with van der Waals surface area (Å²) in [5.74, 6) is -0.857. The molecule has 0 aliphatic heterocycles. The third kappa shape index (κ3) is 3.44. The molecule has 1 aromatic heterocycles. The zero-order chi connectivity index (χ0) is 14.8. The van der Waals surface area contributed by atoms with E-state index >= 15 is 0 Å². The standard InChI is InChI=1S/C15H18FN3O/c1-15(2,3)11-6-4-10(5-7-11)9-20-14-18-8-12(16)13(17)19-14/h4-8H,9H2,1-3H3,(H2,17,18,19). The van der Waals surface area contributed by atoms with E-state index in [2.05, 4.69) is 42.9 Å². The summed E-state index contributed by atoms with van der Waals surface area (Å²) in [6.45, 7) is 6.80. The Hall–Kier alpha value is -2.17. The molecule has 0 bridgehead atoms. The van der Waals surface area contributed by atoms with E-state index in [1.165, 1.54) is 5.56 Å². The zero-order valence-corrected chi connectivity index (χ0v) is 11.9. The second-order valence-electron chi connectivity index (χ2n) is 5.62.